The molecule has 0 spiro atoms. The summed E-state index contributed by atoms with van der Waals surface area (Å²) in [7, 11) is 0. The first-order valence-corrected chi connectivity index (χ1v) is 10.4. The number of nitrogens with one attached hydrogen (secondary N) is 2. The van der Waals surface area contributed by atoms with Gasteiger partial charge in [-0.3, -0.25) is 9.79 Å². The number of anilines is 1. The molecule has 0 bridgehead atoms. The number of benzene rings is 2. The minimum Gasteiger partial charge on any atom is -0.369 e. The quantitative estimate of drug-likeness (QED) is 0.274. The average molecular weight is 539 g/mol. The summed E-state index contributed by atoms with van der Waals surface area (Å²) >= 11 is 0. The minimum atomic E-state index is -0.449. The average Bonchev–Trinajstić information content (AvgIpc) is 3.21. The van der Waals surface area contributed by atoms with Gasteiger partial charge >= 0.3 is 0 Å². The second-order valence-corrected chi connectivity index (χ2v) is 7.56. The van der Waals surface area contributed by atoms with Gasteiger partial charge in [-0.15, -0.1) is 24.0 Å². The molecule has 2 unspecified atom stereocenters. The second kappa shape index (κ2) is 12.5. The highest BCUT2D eigenvalue weighted by molar-refractivity contribution is 14.0. The molecular weight excluding hydrogens is 508 g/mol. The van der Waals surface area contributed by atoms with E-state index >= 15 is 0 Å². The zero-order chi connectivity index (χ0) is 21.3. The van der Waals surface area contributed by atoms with Gasteiger partial charge in [-0.2, -0.15) is 0 Å². The maximum atomic E-state index is 13.1. The van der Waals surface area contributed by atoms with Crippen LogP contribution in [0.15, 0.2) is 59.6 Å². The molecule has 0 saturated carbocycles. The number of para-hydroxylation sites is 1. The van der Waals surface area contributed by atoms with Gasteiger partial charge in [0.2, 0.25) is 5.91 Å². The Morgan fingerprint density at radius 3 is 2.58 bits per heavy atom. The zero-order valence-electron chi connectivity index (χ0n) is 17.8. The van der Waals surface area contributed by atoms with Crippen LogP contribution in [0.3, 0.4) is 0 Å². The van der Waals surface area contributed by atoms with Crippen LogP contribution in [0.2, 0.25) is 0 Å². The number of halogens is 2. The SMILES string of the molecule is CCNC(=NCC(Cc1ccc(F)cc1)C(N)=O)NC1CCN(c2ccccc2)C1.I. The summed E-state index contributed by atoms with van der Waals surface area (Å²) in [5.74, 6) is -0.472. The Labute approximate surface area is 200 Å². The van der Waals surface area contributed by atoms with Gasteiger partial charge in [0, 0.05) is 31.4 Å². The molecule has 0 aromatic heterocycles. The topological polar surface area (TPSA) is 82.7 Å². The standard InChI is InChI=1S/C23H30FN5O.HI/c1-2-26-23(28-20-12-13-29(16-20)21-6-4-3-5-7-21)27-15-18(22(25)30)14-17-8-10-19(24)11-9-17;/h3-11,18,20H,2,12-16H2,1H3,(H2,25,30)(H2,26,27,28);1H. The molecule has 1 fully saturated rings. The lowest BCUT2D eigenvalue weighted by Gasteiger charge is -2.20. The highest BCUT2D eigenvalue weighted by Crippen LogP contribution is 2.19. The van der Waals surface area contributed by atoms with Gasteiger partial charge in [0.05, 0.1) is 12.5 Å². The summed E-state index contributed by atoms with van der Waals surface area (Å²) < 4.78 is 13.1. The van der Waals surface area contributed by atoms with E-state index in [9.17, 15) is 9.18 Å². The molecular formula is C23H31FIN5O. The molecule has 1 aliphatic rings. The van der Waals surface area contributed by atoms with Gasteiger partial charge in [-0.25, -0.2) is 4.39 Å². The summed E-state index contributed by atoms with van der Waals surface area (Å²) in [5.41, 5.74) is 7.67. The fourth-order valence-electron chi connectivity index (χ4n) is 3.63. The summed E-state index contributed by atoms with van der Waals surface area (Å²) in [6, 6.07) is 16.8. The van der Waals surface area contributed by atoms with Crippen LogP contribution in [-0.2, 0) is 11.2 Å². The maximum absolute atomic E-state index is 13.1. The van der Waals surface area contributed by atoms with Crippen molar-refractivity contribution in [2.75, 3.05) is 31.1 Å². The van der Waals surface area contributed by atoms with Gasteiger partial charge in [0.1, 0.15) is 5.82 Å². The smallest absolute Gasteiger partial charge is 0.222 e. The summed E-state index contributed by atoms with van der Waals surface area (Å²) in [5, 5.41) is 6.73. The lowest BCUT2D eigenvalue weighted by atomic mass is 9.99. The number of hydrogen-bond acceptors (Lipinski definition) is 3. The summed E-state index contributed by atoms with van der Waals surface area (Å²) in [6.07, 6.45) is 1.44. The van der Waals surface area contributed by atoms with E-state index in [4.69, 9.17) is 5.73 Å². The number of carbonyl (C=O) groups excluding carboxylic acids is 1. The number of aliphatic imine (C=N–C) groups is 1. The summed E-state index contributed by atoms with van der Waals surface area (Å²) in [4.78, 5) is 18.9. The van der Waals surface area contributed by atoms with Crippen LogP contribution in [-0.4, -0.2) is 44.1 Å². The molecule has 31 heavy (non-hydrogen) atoms. The number of rotatable bonds is 8. The first kappa shape index (κ1) is 24.9. The van der Waals surface area contributed by atoms with Crippen molar-refractivity contribution in [2.45, 2.75) is 25.8 Å². The van der Waals surface area contributed by atoms with Crippen molar-refractivity contribution in [1.29, 1.82) is 0 Å². The molecule has 3 rings (SSSR count). The lowest BCUT2D eigenvalue weighted by Crippen LogP contribution is -2.45. The molecule has 4 N–H and O–H groups in total. The van der Waals surface area contributed by atoms with Crippen LogP contribution in [0.4, 0.5) is 10.1 Å². The Balaban J connectivity index is 0.00000341. The molecule has 1 amide bonds. The molecule has 6 nitrogen and oxygen atoms in total. The molecule has 168 valence electrons. The van der Waals surface area contributed by atoms with Crippen molar-refractivity contribution in [3.63, 3.8) is 0 Å². The number of nitrogens with two attached hydrogens (primary N) is 1. The first-order chi connectivity index (χ1) is 14.5. The van der Waals surface area contributed by atoms with Crippen molar-refractivity contribution in [1.82, 2.24) is 10.6 Å². The Bertz CT molecular complexity index is 847. The molecule has 0 radical (unpaired) electrons. The molecule has 1 saturated heterocycles. The highest BCUT2D eigenvalue weighted by Gasteiger charge is 2.23. The molecule has 2 atom stereocenters. The monoisotopic (exact) mass is 539 g/mol. The van der Waals surface area contributed by atoms with E-state index in [2.05, 4.69) is 32.7 Å². The second-order valence-electron chi connectivity index (χ2n) is 7.56. The fraction of sp³-hybridized carbons (Fsp3) is 0.391. The maximum Gasteiger partial charge on any atom is 0.222 e. The fourth-order valence-corrected chi connectivity index (χ4v) is 3.63. The van der Waals surface area contributed by atoms with E-state index in [-0.39, 0.29) is 42.4 Å². The normalized spacial score (nSPS) is 17.0. The molecule has 1 heterocycles. The van der Waals surface area contributed by atoms with Gasteiger partial charge < -0.3 is 21.3 Å². The van der Waals surface area contributed by atoms with Crippen molar-refractivity contribution in [3.05, 3.63) is 66.0 Å². The van der Waals surface area contributed by atoms with E-state index in [1.54, 1.807) is 12.1 Å². The van der Waals surface area contributed by atoms with Crippen LogP contribution in [0.1, 0.15) is 18.9 Å². The number of carbonyl (C=O) groups is 1. The number of guanidine groups is 1. The Kier molecular flexibility index (Phi) is 10.0. The van der Waals surface area contributed by atoms with E-state index in [0.717, 1.165) is 31.6 Å². The molecule has 2 aromatic carbocycles. The number of amides is 1. The molecule has 0 aliphatic carbocycles. The van der Waals surface area contributed by atoms with Crippen LogP contribution in [0.25, 0.3) is 0 Å². The van der Waals surface area contributed by atoms with Crippen molar-refractivity contribution in [2.24, 2.45) is 16.6 Å². The van der Waals surface area contributed by atoms with Gasteiger partial charge in [-0.1, -0.05) is 30.3 Å². The van der Waals surface area contributed by atoms with Crippen molar-refractivity contribution >= 4 is 41.5 Å². The van der Waals surface area contributed by atoms with Crippen molar-refractivity contribution < 1.29 is 9.18 Å². The number of primary amides is 1. The van der Waals surface area contributed by atoms with E-state index in [1.807, 2.05) is 25.1 Å². The molecule has 2 aromatic rings. The van der Waals surface area contributed by atoms with Gasteiger partial charge in [0.15, 0.2) is 5.96 Å². The lowest BCUT2D eigenvalue weighted by molar-refractivity contribution is -0.121. The third kappa shape index (κ3) is 7.68. The Hall–Kier alpha value is -2.36. The molecule has 8 heteroatoms. The molecule has 1 aliphatic heterocycles. The highest BCUT2D eigenvalue weighted by atomic mass is 127. The Morgan fingerprint density at radius 2 is 1.94 bits per heavy atom. The minimum absolute atomic E-state index is 0. The van der Waals surface area contributed by atoms with E-state index in [1.165, 1.54) is 17.8 Å². The Morgan fingerprint density at radius 1 is 1.23 bits per heavy atom. The van der Waals surface area contributed by atoms with Crippen LogP contribution < -0.4 is 21.3 Å². The van der Waals surface area contributed by atoms with E-state index < -0.39 is 11.8 Å². The van der Waals surface area contributed by atoms with Crippen LogP contribution in [0, 0.1) is 11.7 Å². The predicted octanol–water partition coefficient (Wildman–Crippen LogP) is 2.92. The number of hydrogen-bond donors (Lipinski definition) is 3. The first-order valence-electron chi connectivity index (χ1n) is 10.4. The van der Waals surface area contributed by atoms with Crippen molar-refractivity contribution in [3.8, 4) is 0 Å². The zero-order valence-corrected chi connectivity index (χ0v) is 20.1. The van der Waals surface area contributed by atoms with Gasteiger partial charge in [0.25, 0.3) is 0 Å². The van der Waals surface area contributed by atoms with Gasteiger partial charge in [-0.05, 0) is 49.6 Å². The van der Waals surface area contributed by atoms with Crippen LogP contribution >= 0.6 is 24.0 Å². The number of nitrogens with zero attached hydrogens (tertiary/aromatic N) is 2. The van der Waals surface area contributed by atoms with Crippen LogP contribution in [0.5, 0.6) is 0 Å². The summed E-state index contributed by atoms with van der Waals surface area (Å²) in [6.45, 7) is 4.88. The third-order valence-corrected chi connectivity index (χ3v) is 5.26. The predicted molar refractivity (Wildman–Crippen MR) is 134 cm³/mol. The largest absolute Gasteiger partial charge is 0.369 e. The van der Waals surface area contributed by atoms with E-state index in [0.29, 0.717) is 12.4 Å². The third-order valence-electron chi connectivity index (χ3n) is 5.26.